The first-order valence-electron chi connectivity index (χ1n) is 5.11. The Morgan fingerprint density at radius 3 is 2.72 bits per heavy atom. The zero-order valence-electron chi connectivity index (χ0n) is 9.21. The van der Waals surface area contributed by atoms with Crippen LogP contribution in [0.4, 0.5) is 10.3 Å². The van der Waals surface area contributed by atoms with Crippen LogP contribution >= 0.6 is 0 Å². The Morgan fingerprint density at radius 2 is 2.11 bits per heavy atom. The number of carbonyl (C=O) groups excluding carboxylic acids is 1. The Morgan fingerprint density at radius 1 is 1.44 bits per heavy atom. The Bertz CT molecular complexity index is 551. The largest absolute Gasteiger partial charge is 0.592 e. The molecular formula is C11H10FN3O3. The third-order valence-corrected chi connectivity index (χ3v) is 2.39. The lowest BCUT2D eigenvalue weighted by Gasteiger charge is -2.11. The molecule has 18 heavy (non-hydrogen) atoms. The number of Topliss-reactive ketones (excluding diaryl/α,β-unsaturated/α-hetero) is 1. The highest BCUT2D eigenvalue weighted by Crippen LogP contribution is 2.07. The van der Waals surface area contributed by atoms with E-state index in [1.54, 1.807) is 0 Å². The van der Waals surface area contributed by atoms with E-state index in [-0.39, 0.29) is 18.3 Å². The van der Waals surface area contributed by atoms with Gasteiger partial charge in [-0.1, -0.05) is 0 Å². The van der Waals surface area contributed by atoms with Gasteiger partial charge in [0, 0.05) is 11.8 Å². The summed E-state index contributed by atoms with van der Waals surface area (Å²) in [5, 5.41) is 18.4. The van der Waals surface area contributed by atoms with Gasteiger partial charge >= 0.3 is 5.95 Å². The number of carbonyl (C=O) groups is 1. The summed E-state index contributed by atoms with van der Waals surface area (Å²) in [6, 6.07) is 5.07. The van der Waals surface area contributed by atoms with Crippen LogP contribution in [-0.2, 0) is 6.54 Å². The van der Waals surface area contributed by atoms with E-state index in [1.807, 2.05) is 0 Å². The van der Waals surface area contributed by atoms with E-state index >= 15 is 0 Å². The molecule has 0 aliphatic heterocycles. The molecule has 0 saturated heterocycles. The van der Waals surface area contributed by atoms with Crippen molar-refractivity contribution < 1.29 is 19.6 Å². The number of aromatic nitrogens is 2. The van der Waals surface area contributed by atoms with Crippen LogP contribution in [0.25, 0.3) is 0 Å². The molecule has 1 atom stereocenters. The van der Waals surface area contributed by atoms with E-state index in [2.05, 4.69) is 4.98 Å². The van der Waals surface area contributed by atoms with Crippen molar-refractivity contribution in [2.24, 2.45) is 0 Å². The molecule has 1 heterocycles. The normalized spacial score (nSPS) is 12.4. The predicted octanol–water partition coefficient (Wildman–Crippen LogP) is 0.308. The number of nitrogens with one attached hydrogen (secondary N) is 1. The molecule has 7 heteroatoms. The fraction of sp³-hybridized carbons (Fsp3) is 0.0909. The van der Waals surface area contributed by atoms with Crippen LogP contribution in [0, 0.1) is 11.0 Å². The lowest BCUT2D eigenvalue weighted by molar-refractivity contribution is -0.995. The summed E-state index contributed by atoms with van der Waals surface area (Å²) in [6.07, 6.45) is 2.71. The SMILES string of the molecule is O=C(Cn1ccnc1[NH+]([O-])O)c1ccc(F)cc1. The molecule has 1 unspecified atom stereocenters. The molecule has 0 bridgehead atoms. The van der Waals surface area contributed by atoms with Crippen LogP contribution in [0.3, 0.4) is 0 Å². The van der Waals surface area contributed by atoms with E-state index in [1.165, 1.54) is 41.2 Å². The molecule has 0 radical (unpaired) electrons. The van der Waals surface area contributed by atoms with Crippen molar-refractivity contribution in [2.75, 3.05) is 0 Å². The van der Waals surface area contributed by atoms with Gasteiger partial charge in [-0.25, -0.2) is 9.60 Å². The molecule has 1 aromatic carbocycles. The Balaban J connectivity index is 2.16. The van der Waals surface area contributed by atoms with Crippen LogP contribution in [0.2, 0.25) is 0 Å². The van der Waals surface area contributed by atoms with Crippen LogP contribution in [0.1, 0.15) is 10.4 Å². The number of benzene rings is 1. The molecule has 0 aliphatic rings. The van der Waals surface area contributed by atoms with Crippen molar-refractivity contribution in [1.29, 1.82) is 0 Å². The van der Waals surface area contributed by atoms with Gasteiger partial charge in [0.25, 0.3) is 0 Å². The smallest absolute Gasteiger partial charge is 0.341 e. The molecular weight excluding hydrogens is 241 g/mol. The molecule has 6 nitrogen and oxygen atoms in total. The molecule has 1 aromatic heterocycles. The van der Waals surface area contributed by atoms with Gasteiger partial charge in [-0.3, -0.25) is 9.36 Å². The summed E-state index contributed by atoms with van der Waals surface area (Å²) in [5.74, 6) is -0.943. The van der Waals surface area contributed by atoms with Gasteiger partial charge in [0.2, 0.25) is 0 Å². The summed E-state index contributed by atoms with van der Waals surface area (Å²) in [4.78, 5) is 15.5. The van der Waals surface area contributed by atoms with Gasteiger partial charge in [0.15, 0.2) is 5.78 Å². The standard InChI is InChI=1S/C11H10FN3O3/c12-9-3-1-8(2-4-9)10(16)7-14-6-5-13-11(14)15(17)18/h1-6,15,17H,7H2. The third-order valence-electron chi connectivity index (χ3n) is 2.39. The first-order chi connectivity index (χ1) is 8.58. The number of quaternary nitrogens is 1. The van der Waals surface area contributed by atoms with E-state index in [4.69, 9.17) is 5.21 Å². The lowest BCUT2D eigenvalue weighted by Crippen LogP contribution is -3.00. The van der Waals surface area contributed by atoms with Crippen molar-refractivity contribution in [3.8, 4) is 0 Å². The maximum Gasteiger partial charge on any atom is 0.341 e. The molecule has 2 rings (SSSR count). The van der Waals surface area contributed by atoms with Gasteiger partial charge in [-0.2, -0.15) is 10.2 Å². The number of nitrogens with zero attached hydrogens (tertiary/aromatic N) is 2. The van der Waals surface area contributed by atoms with Crippen molar-refractivity contribution in [3.63, 3.8) is 0 Å². The zero-order valence-corrected chi connectivity index (χ0v) is 9.21. The molecule has 0 spiro atoms. The molecule has 2 N–H and O–H groups in total. The maximum atomic E-state index is 12.7. The number of halogens is 1. The second-order valence-electron chi connectivity index (χ2n) is 3.61. The van der Waals surface area contributed by atoms with Gasteiger partial charge < -0.3 is 5.21 Å². The number of imidazole rings is 1. The van der Waals surface area contributed by atoms with E-state index in [9.17, 15) is 14.4 Å². The fourth-order valence-corrected chi connectivity index (χ4v) is 1.52. The van der Waals surface area contributed by atoms with E-state index < -0.39 is 11.0 Å². The minimum absolute atomic E-state index is 0.146. The van der Waals surface area contributed by atoms with Gasteiger partial charge in [0.1, 0.15) is 5.82 Å². The Kier molecular flexibility index (Phi) is 3.47. The van der Waals surface area contributed by atoms with Crippen molar-refractivity contribution in [1.82, 2.24) is 9.55 Å². The second-order valence-corrected chi connectivity index (χ2v) is 3.61. The highest BCUT2D eigenvalue weighted by atomic mass is 19.1. The summed E-state index contributed by atoms with van der Waals surface area (Å²) < 4.78 is 13.9. The van der Waals surface area contributed by atoms with Crippen molar-refractivity contribution >= 4 is 11.7 Å². The molecule has 94 valence electrons. The van der Waals surface area contributed by atoms with Crippen molar-refractivity contribution in [3.05, 3.63) is 53.2 Å². The summed E-state index contributed by atoms with van der Waals surface area (Å²) >= 11 is 0. The van der Waals surface area contributed by atoms with Crippen molar-refractivity contribution in [2.45, 2.75) is 6.54 Å². The van der Waals surface area contributed by atoms with E-state index in [0.717, 1.165) is 0 Å². The zero-order chi connectivity index (χ0) is 13.1. The second kappa shape index (κ2) is 5.05. The first kappa shape index (κ1) is 12.4. The summed E-state index contributed by atoms with van der Waals surface area (Å²) in [5.41, 5.74) is 0.321. The minimum Gasteiger partial charge on any atom is -0.592 e. The average molecular weight is 251 g/mol. The number of hydrogen-bond donors (Lipinski definition) is 2. The van der Waals surface area contributed by atoms with Gasteiger partial charge in [-0.15, -0.1) is 0 Å². The topological polar surface area (TPSA) is 82.6 Å². The Labute approximate surface area is 101 Å². The predicted molar refractivity (Wildman–Crippen MR) is 58.7 cm³/mol. The molecule has 0 amide bonds. The van der Waals surface area contributed by atoms with Crippen LogP contribution < -0.4 is 5.23 Å². The maximum absolute atomic E-state index is 12.7. The minimum atomic E-state index is -1.20. The quantitative estimate of drug-likeness (QED) is 0.605. The molecule has 0 aliphatic carbocycles. The van der Waals surface area contributed by atoms with Crippen LogP contribution in [-0.4, -0.2) is 20.5 Å². The Hall–Kier alpha value is -2.09. The van der Waals surface area contributed by atoms with Crippen LogP contribution in [0.5, 0.6) is 0 Å². The monoisotopic (exact) mass is 251 g/mol. The molecule has 0 fully saturated rings. The summed E-state index contributed by atoms with van der Waals surface area (Å²) in [7, 11) is 0. The molecule has 0 saturated carbocycles. The fourth-order valence-electron chi connectivity index (χ4n) is 1.52. The molecule has 2 aromatic rings. The number of rotatable bonds is 4. The van der Waals surface area contributed by atoms with E-state index in [0.29, 0.717) is 5.56 Å². The average Bonchev–Trinajstić information content (AvgIpc) is 2.78. The van der Waals surface area contributed by atoms with Gasteiger partial charge in [0.05, 0.1) is 12.7 Å². The lowest BCUT2D eigenvalue weighted by atomic mass is 10.1. The highest BCUT2D eigenvalue weighted by Gasteiger charge is 2.13. The number of hydrogen-bond acceptors (Lipinski definition) is 4. The summed E-state index contributed by atoms with van der Waals surface area (Å²) in [6.45, 7) is -0.146. The highest BCUT2D eigenvalue weighted by molar-refractivity contribution is 5.95. The first-order valence-corrected chi connectivity index (χ1v) is 5.11. The third kappa shape index (κ3) is 2.59. The van der Waals surface area contributed by atoms with Crippen LogP contribution in [0.15, 0.2) is 36.7 Å². The number of ketones is 1. The van der Waals surface area contributed by atoms with Gasteiger partial charge in [-0.05, 0) is 24.3 Å².